The highest BCUT2D eigenvalue weighted by Gasteiger charge is 2.03. The van der Waals surface area contributed by atoms with Crippen molar-refractivity contribution < 1.29 is 14.3 Å². The Labute approximate surface area is 95.6 Å². The molecule has 0 amide bonds. The van der Waals surface area contributed by atoms with Gasteiger partial charge in [0.2, 0.25) is 0 Å². The van der Waals surface area contributed by atoms with Crippen LogP contribution in [0.2, 0.25) is 0 Å². The Balaban J connectivity index is 2.42. The molecule has 1 rings (SSSR count). The summed E-state index contributed by atoms with van der Waals surface area (Å²) in [5.74, 6) is -0.325. The van der Waals surface area contributed by atoms with Gasteiger partial charge in [-0.2, -0.15) is 0 Å². The lowest BCUT2D eigenvalue weighted by Gasteiger charge is -2.07. The van der Waals surface area contributed by atoms with Gasteiger partial charge in [0.1, 0.15) is 6.73 Å². The monoisotopic (exact) mass is 223 g/mol. The van der Waals surface area contributed by atoms with Gasteiger partial charge in [0.05, 0.1) is 12.7 Å². The van der Waals surface area contributed by atoms with E-state index in [0.717, 1.165) is 18.7 Å². The summed E-state index contributed by atoms with van der Waals surface area (Å²) >= 11 is 0. The van der Waals surface area contributed by atoms with Crippen LogP contribution in [-0.2, 0) is 9.47 Å². The maximum Gasteiger partial charge on any atom is 0.337 e. The van der Waals surface area contributed by atoms with Gasteiger partial charge in [-0.25, -0.2) is 4.79 Å². The van der Waals surface area contributed by atoms with Crippen LogP contribution < -0.4 is 5.32 Å². The zero-order valence-corrected chi connectivity index (χ0v) is 9.66. The minimum Gasteiger partial charge on any atom is -0.465 e. The van der Waals surface area contributed by atoms with Crippen LogP contribution in [0.25, 0.3) is 0 Å². The molecule has 1 N–H and O–H groups in total. The summed E-state index contributed by atoms with van der Waals surface area (Å²) < 4.78 is 9.89. The number of hydrogen-bond acceptors (Lipinski definition) is 4. The third-order valence-corrected chi connectivity index (χ3v) is 2.03. The highest BCUT2D eigenvalue weighted by atomic mass is 16.5. The molecule has 0 aromatic heterocycles. The summed E-state index contributed by atoms with van der Waals surface area (Å²) in [6, 6.07) is 7.07. The molecule has 0 saturated heterocycles. The van der Waals surface area contributed by atoms with E-state index in [-0.39, 0.29) is 5.97 Å². The second kappa shape index (κ2) is 6.85. The molecule has 0 radical (unpaired) electrons. The lowest BCUT2D eigenvalue weighted by atomic mass is 10.2. The fourth-order valence-corrected chi connectivity index (χ4v) is 1.19. The quantitative estimate of drug-likeness (QED) is 0.456. The molecule has 0 heterocycles. The van der Waals surface area contributed by atoms with Gasteiger partial charge >= 0.3 is 5.97 Å². The fraction of sp³-hybridized carbons (Fsp3) is 0.417. The van der Waals surface area contributed by atoms with Gasteiger partial charge in [-0.15, -0.1) is 0 Å². The first-order chi connectivity index (χ1) is 7.77. The number of rotatable bonds is 6. The average Bonchev–Trinajstić information content (AvgIpc) is 2.34. The summed E-state index contributed by atoms with van der Waals surface area (Å²) in [5, 5.41) is 3.09. The molecule has 16 heavy (non-hydrogen) atoms. The predicted molar refractivity (Wildman–Crippen MR) is 62.5 cm³/mol. The summed E-state index contributed by atoms with van der Waals surface area (Å²) in [4.78, 5) is 11.2. The van der Waals surface area contributed by atoms with E-state index in [1.807, 2.05) is 12.1 Å². The molecule has 0 saturated carbocycles. The fourth-order valence-electron chi connectivity index (χ4n) is 1.19. The first kappa shape index (κ1) is 12.5. The molecular formula is C12H17NO3. The Morgan fingerprint density at radius 2 is 2.00 bits per heavy atom. The van der Waals surface area contributed by atoms with E-state index >= 15 is 0 Å². The predicted octanol–water partition coefficient (Wildman–Crippen LogP) is 2.27. The molecule has 0 atom stereocenters. The third kappa shape index (κ3) is 3.90. The highest BCUT2D eigenvalue weighted by molar-refractivity contribution is 5.89. The number of anilines is 1. The van der Waals surface area contributed by atoms with Gasteiger partial charge in [-0.05, 0) is 30.7 Å². The standard InChI is InChI=1S/C12H17NO3/c1-3-8-16-9-13-11-6-4-10(5-7-11)12(14)15-2/h4-7,13H,3,8-9H2,1-2H3. The zero-order chi connectivity index (χ0) is 11.8. The van der Waals surface area contributed by atoms with Crippen LogP contribution in [0, 0.1) is 0 Å². The molecule has 0 unspecified atom stereocenters. The summed E-state index contributed by atoms with van der Waals surface area (Å²) in [7, 11) is 1.37. The van der Waals surface area contributed by atoms with Gasteiger partial charge < -0.3 is 14.8 Å². The number of ether oxygens (including phenoxy) is 2. The number of carbonyl (C=O) groups excluding carboxylic acids is 1. The van der Waals surface area contributed by atoms with E-state index in [1.54, 1.807) is 12.1 Å². The number of carbonyl (C=O) groups is 1. The van der Waals surface area contributed by atoms with Gasteiger partial charge in [0, 0.05) is 12.3 Å². The molecule has 0 fully saturated rings. The molecule has 0 aliphatic heterocycles. The van der Waals surface area contributed by atoms with Crippen LogP contribution in [0.3, 0.4) is 0 Å². The zero-order valence-electron chi connectivity index (χ0n) is 9.66. The maximum absolute atomic E-state index is 11.2. The second-order valence-electron chi connectivity index (χ2n) is 3.30. The van der Waals surface area contributed by atoms with Crippen LogP contribution in [-0.4, -0.2) is 26.4 Å². The third-order valence-electron chi connectivity index (χ3n) is 2.03. The average molecular weight is 223 g/mol. The van der Waals surface area contributed by atoms with E-state index in [4.69, 9.17) is 4.74 Å². The summed E-state index contributed by atoms with van der Waals surface area (Å²) in [6.45, 7) is 3.28. The molecule has 0 aliphatic rings. The second-order valence-corrected chi connectivity index (χ2v) is 3.30. The van der Waals surface area contributed by atoms with E-state index in [2.05, 4.69) is 17.0 Å². The summed E-state index contributed by atoms with van der Waals surface area (Å²) in [6.07, 6.45) is 1.00. The topological polar surface area (TPSA) is 47.6 Å². The van der Waals surface area contributed by atoms with Crippen molar-refractivity contribution in [1.29, 1.82) is 0 Å². The molecule has 4 nitrogen and oxygen atoms in total. The Morgan fingerprint density at radius 1 is 1.31 bits per heavy atom. The van der Waals surface area contributed by atoms with Crippen molar-refractivity contribution >= 4 is 11.7 Å². The molecule has 0 aliphatic carbocycles. The molecular weight excluding hydrogens is 206 g/mol. The molecule has 88 valence electrons. The number of hydrogen-bond donors (Lipinski definition) is 1. The van der Waals surface area contributed by atoms with Crippen LogP contribution in [0.1, 0.15) is 23.7 Å². The highest BCUT2D eigenvalue weighted by Crippen LogP contribution is 2.09. The molecule has 4 heteroatoms. The Morgan fingerprint density at radius 3 is 2.56 bits per heavy atom. The van der Waals surface area contributed by atoms with Crippen molar-refractivity contribution in [2.75, 3.05) is 25.8 Å². The molecule has 1 aromatic carbocycles. The van der Waals surface area contributed by atoms with Crippen molar-refractivity contribution in [2.45, 2.75) is 13.3 Å². The van der Waals surface area contributed by atoms with E-state index in [0.29, 0.717) is 12.3 Å². The van der Waals surface area contributed by atoms with Crippen molar-refractivity contribution in [1.82, 2.24) is 0 Å². The first-order valence-electron chi connectivity index (χ1n) is 5.28. The van der Waals surface area contributed by atoms with Crippen molar-refractivity contribution in [3.8, 4) is 0 Å². The van der Waals surface area contributed by atoms with Crippen molar-refractivity contribution in [3.63, 3.8) is 0 Å². The van der Waals surface area contributed by atoms with E-state index in [1.165, 1.54) is 7.11 Å². The van der Waals surface area contributed by atoms with Gasteiger partial charge in [-0.1, -0.05) is 6.92 Å². The maximum atomic E-state index is 11.2. The summed E-state index contributed by atoms with van der Waals surface area (Å²) in [5.41, 5.74) is 1.46. The van der Waals surface area contributed by atoms with Crippen molar-refractivity contribution in [3.05, 3.63) is 29.8 Å². The molecule has 0 spiro atoms. The number of methoxy groups -OCH3 is 1. The van der Waals surface area contributed by atoms with E-state index in [9.17, 15) is 4.79 Å². The van der Waals surface area contributed by atoms with Crippen molar-refractivity contribution in [2.24, 2.45) is 0 Å². The molecule has 1 aromatic rings. The Bertz CT molecular complexity index is 322. The Kier molecular flexibility index (Phi) is 5.36. The van der Waals surface area contributed by atoms with Crippen LogP contribution in [0.5, 0.6) is 0 Å². The van der Waals surface area contributed by atoms with Gasteiger partial charge in [0.15, 0.2) is 0 Å². The smallest absolute Gasteiger partial charge is 0.337 e. The SMILES string of the molecule is CCCOCNc1ccc(C(=O)OC)cc1. The minimum atomic E-state index is -0.325. The Hall–Kier alpha value is -1.55. The number of nitrogens with one attached hydrogen (secondary N) is 1. The normalized spacial score (nSPS) is 9.88. The molecule has 0 bridgehead atoms. The van der Waals surface area contributed by atoms with Crippen LogP contribution >= 0.6 is 0 Å². The van der Waals surface area contributed by atoms with Crippen LogP contribution in [0.15, 0.2) is 24.3 Å². The largest absolute Gasteiger partial charge is 0.465 e. The minimum absolute atomic E-state index is 0.325. The van der Waals surface area contributed by atoms with E-state index < -0.39 is 0 Å². The van der Waals surface area contributed by atoms with Crippen LogP contribution in [0.4, 0.5) is 5.69 Å². The number of esters is 1. The first-order valence-corrected chi connectivity index (χ1v) is 5.28. The lowest BCUT2D eigenvalue weighted by molar-refractivity contribution is 0.0601. The van der Waals surface area contributed by atoms with Gasteiger partial charge in [-0.3, -0.25) is 0 Å². The van der Waals surface area contributed by atoms with Gasteiger partial charge in [0.25, 0.3) is 0 Å². The number of benzene rings is 1. The lowest BCUT2D eigenvalue weighted by Crippen LogP contribution is -2.07.